The van der Waals surface area contributed by atoms with E-state index in [4.69, 9.17) is 0 Å². The van der Waals surface area contributed by atoms with E-state index in [1.54, 1.807) is 24.3 Å². The van der Waals surface area contributed by atoms with Crippen LogP contribution in [0.1, 0.15) is 11.1 Å². The number of aromatic hydroxyl groups is 2. The molecule has 0 saturated carbocycles. The summed E-state index contributed by atoms with van der Waals surface area (Å²) in [5.74, 6) is 0.351. The van der Waals surface area contributed by atoms with E-state index in [2.05, 4.69) is 42.4 Å². The number of para-hydroxylation sites is 1. The molecule has 20 heavy (non-hydrogen) atoms. The molecule has 104 valence electrons. The molecule has 0 atom stereocenters. The molecule has 0 radical (unpaired) electrons. The average Bonchev–Trinajstić information content (AvgIpc) is 2.41. The molecule has 0 saturated heterocycles. The number of benzene rings is 2. The molecule has 0 spiro atoms. The van der Waals surface area contributed by atoms with Gasteiger partial charge < -0.3 is 15.6 Å². The molecule has 2 rings (SSSR count). The summed E-state index contributed by atoms with van der Waals surface area (Å²) in [4.78, 5) is 0. The fraction of sp³-hybridized carbons (Fsp3) is 0.0714. The maximum Gasteiger partial charge on any atom is 0.138 e. The van der Waals surface area contributed by atoms with Crippen molar-refractivity contribution < 1.29 is 10.2 Å². The topological polar surface area (TPSA) is 64.8 Å². The van der Waals surface area contributed by atoms with Gasteiger partial charge in [0, 0.05) is 15.6 Å². The van der Waals surface area contributed by atoms with Crippen LogP contribution in [0.3, 0.4) is 0 Å². The predicted octanol–water partition coefficient (Wildman–Crippen LogP) is 3.75. The maximum absolute atomic E-state index is 9.86. The van der Waals surface area contributed by atoms with Gasteiger partial charge in [-0.1, -0.05) is 34.1 Å². The second-order valence-corrected chi connectivity index (χ2v) is 5.82. The van der Waals surface area contributed by atoms with Crippen LogP contribution in [0.5, 0.6) is 11.5 Å². The van der Waals surface area contributed by atoms with Crippen LogP contribution < -0.4 is 5.43 Å². The molecule has 0 bridgehead atoms. The number of nitrogens with zero attached hydrogens (tertiary/aromatic N) is 1. The van der Waals surface area contributed by atoms with E-state index in [9.17, 15) is 10.2 Å². The monoisotopic (exact) mass is 398 g/mol. The number of hydrogen-bond donors (Lipinski definition) is 3. The Hall–Kier alpha value is -1.53. The lowest BCUT2D eigenvalue weighted by Crippen LogP contribution is -2.05. The molecule has 0 aliphatic heterocycles. The Balaban J connectivity index is 2.03. The van der Waals surface area contributed by atoms with Crippen molar-refractivity contribution in [2.24, 2.45) is 5.10 Å². The minimum atomic E-state index is 0.126. The van der Waals surface area contributed by atoms with E-state index in [0.29, 0.717) is 16.6 Å². The molecule has 0 amide bonds. The predicted molar refractivity (Wildman–Crippen MR) is 86.0 cm³/mol. The van der Waals surface area contributed by atoms with E-state index >= 15 is 0 Å². The van der Waals surface area contributed by atoms with Crippen LogP contribution in [-0.2, 0) is 6.54 Å². The average molecular weight is 400 g/mol. The van der Waals surface area contributed by atoms with Crippen LogP contribution in [0.15, 0.2) is 50.4 Å². The van der Waals surface area contributed by atoms with Gasteiger partial charge in [0.2, 0.25) is 0 Å². The molecule has 2 aromatic rings. The number of phenolic OH excluding ortho intramolecular Hbond substituents is 2. The lowest BCUT2D eigenvalue weighted by Gasteiger charge is -2.05. The summed E-state index contributed by atoms with van der Waals surface area (Å²) >= 11 is 6.60. The Morgan fingerprint density at radius 1 is 1.15 bits per heavy atom. The molecular formula is C14H12Br2N2O2. The lowest BCUT2D eigenvalue weighted by atomic mass is 10.2. The Labute approximate surface area is 133 Å². The fourth-order valence-electron chi connectivity index (χ4n) is 1.59. The van der Waals surface area contributed by atoms with Gasteiger partial charge in [-0.25, -0.2) is 0 Å². The highest BCUT2D eigenvalue weighted by atomic mass is 79.9. The summed E-state index contributed by atoms with van der Waals surface area (Å²) in [6, 6.07) is 10.5. The van der Waals surface area contributed by atoms with Gasteiger partial charge in [-0.15, -0.1) is 0 Å². The second-order valence-electron chi connectivity index (χ2n) is 4.05. The summed E-state index contributed by atoms with van der Waals surface area (Å²) < 4.78 is 1.43. The SMILES string of the molecule is Oc1ccccc1CNN=Cc1cc(Br)cc(Br)c1O. The van der Waals surface area contributed by atoms with Crippen LogP contribution in [-0.4, -0.2) is 16.4 Å². The van der Waals surface area contributed by atoms with Gasteiger partial charge in [0.1, 0.15) is 11.5 Å². The zero-order valence-corrected chi connectivity index (χ0v) is 13.5. The smallest absolute Gasteiger partial charge is 0.138 e. The van der Waals surface area contributed by atoms with Gasteiger partial charge >= 0.3 is 0 Å². The third kappa shape index (κ3) is 3.74. The molecule has 0 aromatic heterocycles. The van der Waals surface area contributed by atoms with Gasteiger partial charge in [0.15, 0.2) is 0 Å². The minimum Gasteiger partial charge on any atom is -0.508 e. The van der Waals surface area contributed by atoms with Gasteiger partial charge in [-0.2, -0.15) is 5.10 Å². The van der Waals surface area contributed by atoms with Crippen molar-refractivity contribution in [3.63, 3.8) is 0 Å². The third-order valence-electron chi connectivity index (χ3n) is 2.61. The molecule has 4 nitrogen and oxygen atoms in total. The molecule has 3 N–H and O–H groups in total. The maximum atomic E-state index is 9.86. The number of phenols is 2. The molecule has 0 heterocycles. The molecule has 0 aliphatic carbocycles. The van der Waals surface area contributed by atoms with E-state index in [-0.39, 0.29) is 11.5 Å². The highest BCUT2D eigenvalue weighted by molar-refractivity contribution is 9.11. The van der Waals surface area contributed by atoms with Crippen LogP contribution in [0.2, 0.25) is 0 Å². The Morgan fingerprint density at radius 2 is 1.90 bits per heavy atom. The van der Waals surface area contributed by atoms with Crippen LogP contribution in [0.4, 0.5) is 0 Å². The van der Waals surface area contributed by atoms with Gasteiger partial charge in [0.25, 0.3) is 0 Å². The zero-order chi connectivity index (χ0) is 14.5. The van der Waals surface area contributed by atoms with Crippen molar-refractivity contribution in [2.75, 3.05) is 0 Å². The minimum absolute atomic E-state index is 0.126. The normalized spacial score (nSPS) is 10.9. The Morgan fingerprint density at radius 3 is 2.65 bits per heavy atom. The number of rotatable bonds is 4. The van der Waals surface area contributed by atoms with Crippen LogP contribution >= 0.6 is 31.9 Å². The van der Waals surface area contributed by atoms with Crippen LogP contribution in [0, 0.1) is 0 Å². The summed E-state index contributed by atoms with van der Waals surface area (Å²) in [6.45, 7) is 0.402. The van der Waals surface area contributed by atoms with E-state index in [1.807, 2.05) is 12.1 Å². The summed E-state index contributed by atoms with van der Waals surface area (Å²) in [7, 11) is 0. The third-order valence-corrected chi connectivity index (χ3v) is 3.68. The van der Waals surface area contributed by atoms with Crippen molar-refractivity contribution in [2.45, 2.75) is 6.54 Å². The highest BCUT2D eigenvalue weighted by Gasteiger charge is 2.05. The van der Waals surface area contributed by atoms with E-state index in [1.165, 1.54) is 6.21 Å². The highest BCUT2D eigenvalue weighted by Crippen LogP contribution is 2.30. The first-order chi connectivity index (χ1) is 9.58. The van der Waals surface area contributed by atoms with Crippen LogP contribution in [0.25, 0.3) is 0 Å². The first-order valence-corrected chi connectivity index (χ1v) is 7.37. The molecule has 0 aliphatic rings. The van der Waals surface area contributed by atoms with Crippen molar-refractivity contribution in [3.8, 4) is 11.5 Å². The number of nitrogens with one attached hydrogen (secondary N) is 1. The van der Waals surface area contributed by atoms with E-state index in [0.717, 1.165) is 10.0 Å². The second kappa shape index (κ2) is 6.76. The van der Waals surface area contributed by atoms with Gasteiger partial charge in [-0.05, 0) is 34.1 Å². The Kier molecular flexibility index (Phi) is 5.03. The van der Waals surface area contributed by atoms with Crippen molar-refractivity contribution in [3.05, 3.63) is 56.5 Å². The number of hydrazone groups is 1. The van der Waals surface area contributed by atoms with Crippen molar-refractivity contribution >= 4 is 38.1 Å². The van der Waals surface area contributed by atoms with E-state index < -0.39 is 0 Å². The largest absolute Gasteiger partial charge is 0.508 e. The number of halogens is 2. The molecule has 0 fully saturated rings. The Bertz CT molecular complexity index is 645. The molecule has 6 heteroatoms. The van der Waals surface area contributed by atoms with Crippen molar-refractivity contribution in [1.82, 2.24) is 5.43 Å². The number of hydrogen-bond acceptors (Lipinski definition) is 4. The summed E-state index contributed by atoms with van der Waals surface area (Å²) in [5, 5.41) is 23.5. The standard InChI is InChI=1S/C14H12Br2N2O2/c15-11-5-10(14(20)12(16)6-11)8-18-17-7-9-3-1-2-4-13(9)19/h1-6,8,17,19-20H,7H2. The first-order valence-electron chi connectivity index (χ1n) is 5.78. The summed E-state index contributed by atoms with van der Waals surface area (Å²) in [5.41, 5.74) is 4.16. The molecular weight excluding hydrogens is 388 g/mol. The fourth-order valence-corrected chi connectivity index (χ4v) is 2.85. The van der Waals surface area contributed by atoms with Gasteiger partial charge in [-0.3, -0.25) is 0 Å². The molecule has 0 unspecified atom stereocenters. The quantitative estimate of drug-likeness (QED) is 0.541. The molecule has 2 aromatic carbocycles. The zero-order valence-electron chi connectivity index (χ0n) is 10.3. The first kappa shape index (κ1) is 14.9. The van der Waals surface area contributed by atoms with Crippen molar-refractivity contribution in [1.29, 1.82) is 0 Å². The summed E-state index contributed by atoms with van der Waals surface area (Å²) in [6.07, 6.45) is 1.52. The lowest BCUT2D eigenvalue weighted by molar-refractivity contribution is 0.465. The van der Waals surface area contributed by atoms with Gasteiger partial charge in [0.05, 0.1) is 17.2 Å².